The van der Waals surface area contributed by atoms with Gasteiger partial charge in [0, 0.05) is 25.0 Å². The third-order valence-corrected chi connectivity index (χ3v) is 9.59. The van der Waals surface area contributed by atoms with Gasteiger partial charge in [0.2, 0.25) is 11.6 Å². The van der Waals surface area contributed by atoms with Crippen molar-refractivity contribution in [2.75, 3.05) is 29.9 Å². The third-order valence-electron chi connectivity index (χ3n) is 9.59. The van der Waals surface area contributed by atoms with Crippen molar-refractivity contribution in [3.05, 3.63) is 36.4 Å². The fraction of sp³-hybridized carbons (Fsp3) is 0.636. The van der Waals surface area contributed by atoms with Crippen LogP contribution >= 0.6 is 0 Å². The van der Waals surface area contributed by atoms with Crippen molar-refractivity contribution >= 4 is 34.3 Å². The van der Waals surface area contributed by atoms with Crippen LogP contribution in [0.25, 0.3) is 11.2 Å². The van der Waals surface area contributed by atoms with E-state index < -0.39 is 11.5 Å². The summed E-state index contributed by atoms with van der Waals surface area (Å²) in [6, 6.07) is 6.62. The zero-order valence-corrected chi connectivity index (χ0v) is 27.5. The summed E-state index contributed by atoms with van der Waals surface area (Å²) in [5.74, 6) is 0.0115. The summed E-state index contributed by atoms with van der Waals surface area (Å²) in [5.41, 5.74) is 15.0. The van der Waals surface area contributed by atoms with E-state index in [9.17, 15) is 4.79 Å². The number of ether oxygens (including phenoxy) is 3. The lowest BCUT2D eigenvalue weighted by Crippen LogP contribution is -2.53. The number of nitrogens with one attached hydrogen (secondary N) is 1. The van der Waals surface area contributed by atoms with Gasteiger partial charge in [0.15, 0.2) is 17.3 Å². The van der Waals surface area contributed by atoms with Gasteiger partial charge in [-0.1, -0.05) is 26.8 Å². The first-order valence-electron chi connectivity index (χ1n) is 16.1. The molecular formula is C33H48N8O4. The maximum absolute atomic E-state index is 12.8. The minimum Gasteiger partial charge on any atom is -0.397 e. The quantitative estimate of drug-likeness (QED) is 0.293. The molecule has 5 N–H and O–H groups in total. The van der Waals surface area contributed by atoms with Gasteiger partial charge in [-0.25, -0.2) is 15.0 Å². The number of fused-ring (bicyclic) bond motifs is 2. The van der Waals surface area contributed by atoms with E-state index in [0.29, 0.717) is 65.9 Å². The Morgan fingerprint density at radius 3 is 2.62 bits per heavy atom. The second-order valence-corrected chi connectivity index (χ2v) is 14.7. The Morgan fingerprint density at radius 1 is 1.18 bits per heavy atom. The fourth-order valence-corrected chi connectivity index (χ4v) is 7.12. The highest BCUT2D eigenvalue weighted by Crippen LogP contribution is 2.48. The highest BCUT2D eigenvalue weighted by atomic mass is 16.8. The van der Waals surface area contributed by atoms with Crippen molar-refractivity contribution in [1.29, 1.82) is 0 Å². The number of hydrogen-bond acceptors (Lipinski definition) is 10. The number of carbonyl (C=O) groups is 1. The Kier molecular flexibility index (Phi) is 8.08. The van der Waals surface area contributed by atoms with Crippen molar-refractivity contribution in [3.8, 4) is 0 Å². The van der Waals surface area contributed by atoms with Gasteiger partial charge in [0.25, 0.3) is 0 Å². The lowest BCUT2D eigenvalue weighted by atomic mass is 9.76. The van der Waals surface area contributed by atoms with Gasteiger partial charge in [0.1, 0.15) is 24.1 Å². The van der Waals surface area contributed by atoms with Gasteiger partial charge >= 0.3 is 0 Å². The topological polar surface area (TPSA) is 156 Å². The average molecular weight is 621 g/mol. The first-order valence-corrected chi connectivity index (χ1v) is 16.1. The maximum atomic E-state index is 12.8. The van der Waals surface area contributed by atoms with E-state index in [2.05, 4.69) is 59.8 Å². The Hall–Kier alpha value is -3.32. The third kappa shape index (κ3) is 6.00. The summed E-state index contributed by atoms with van der Waals surface area (Å²) in [5, 5.41) is 3.01. The minimum atomic E-state index is -0.918. The highest BCUT2D eigenvalue weighted by Gasteiger charge is 2.63. The molecule has 1 saturated carbocycles. The first kappa shape index (κ1) is 31.7. The van der Waals surface area contributed by atoms with Gasteiger partial charge in [-0.15, -0.1) is 0 Å². The number of nitrogen functional groups attached to an aromatic ring is 2. The molecule has 45 heavy (non-hydrogen) atoms. The molecule has 4 heterocycles. The number of rotatable bonds is 9. The fourth-order valence-electron chi connectivity index (χ4n) is 7.12. The molecule has 0 unspecified atom stereocenters. The molecule has 1 aromatic carbocycles. The number of anilines is 3. The van der Waals surface area contributed by atoms with Gasteiger partial charge in [0.05, 0.1) is 24.3 Å². The van der Waals surface area contributed by atoms with Gasteiger partial charge < -0.3 is 31.0 Å². The number of carbonyl (C=O) groups excluding carboxylic acids is 1. The number of aromatic nitrogens is 4. The van der Waals surface area contributed by atoms with Crippen LogP contribution in [0.5, 0.6) is 0 Å². The normalized spacial score (nSPS) is 27.7. The van der Waals surface area contributed by atoms with Crippen LogP contribution in [0, 0.1) is 5.92 Å². The molecule has 1 amide bonds. The molecule has 0 radical (unpaired) electrons. The molecule has 244 valence electrons. The molecule has 2 aliphatic heterocycles. The van der Waals surface area contributed by atoms with E-state index in [0.717, 1.165) is 24.8 Å². The summed E-state index contributed by atoms with van der Waals surface area (Å²) in [6.07, 6.45) is 5.96. The second kappa shape index (κ2) is 11.5. The molecule has 6 rings (SSSR count). The summed E-state index contributed by atoms with van der Waals surface area (Å²) in [4.78, 5) is 28.3. The number of nitrogens with zero attached hydrogens (tertiary/aromatic N) is 5. The average Bonchev–Trinajstić information content (AvgIpc) is 3.58. The summed E-state index contributed by atoms with van der Waals surface area (Å²) < 4.78 is 21.4. The minimum absolute atomic E-state index is 0.00216. The predicted octanol–water partition coefficient (Wildman–Crippen LogP) is 4.40. The van der Waals surface area contributed by atoms with Crippen molar-refractivity contribution < 1.29 is 19.0 Å². The monoisotopic (exact) mass is 620 g/mol. The Balaban J connectivity index is 1.06. The molecule has 2 aromatic heterocycles. The van der Waals surface area contributed by atoms with Crippen molar-refractivity contribution in [1.82, 2.24) is 24.4 Å². The number of amides is 1. The molecule has 0 bridgehead atoms. The molecule has 1 aliphatic carbocycles. The molecule has 3 aromatic rings. The van der Waals surface area contributed by atoms with E-state index in [1.165, 1.54) is 6.33 Å². The van der Waals surface area contributed by atoms with Gasteiger partial charge in [-0.2, -0.15) is 0 Å². The van der Waals surface area contributed by atoms with Crippen LogP contribution < -0.4 is 16.8 Å². The first-order chi connectivity index (χ1) is 21.2. The highest BCUT2D eigenvalue weighted by molar-refractivity contribution is 5.93. The molecule has 3 fully saturated rings. The zero-order valence-electron chi connectivity index (χ0n) is 27.5. The van der Waals surface area contributed by atoms with Gasteiger partial charge in [-0.3, -0.25) is 14.3 Å². The lowest BCUT2D eigenvalue weighted by molar-refractivity contribution is -0.206. The molecule has 12 nitrogen and oxygen atoms in total. The van der Waals surface area contributed by atoms with E-state index >= 15 is 0 Å². The number of hydrogen-bond donors (Lipinski definition) is 3. The summed E-state index contributed by atoms with van der Waals surface area (Å²) >= 11 is 0. The number of nitrogens with two attached hydrogens (primary N) is 2. The van der Waals surface area contributed by atoms with Crippen LogP contribution in [0.4, 0.5) is 17.2 Å². The molecule has 0 spiro atoms. The maximum Gasteiger partial charge on any atom is 0.224 e. The van der Waals surface area contributed by atoms with Crippen molar-refractivity contribution in [2.45, 2.75) is 115 Å². The summed E-state index contributed by atoms with van der Waals surface area (Å²) in [7, 11) is 0. The van der Waals surface area contributed by atoms with E-state index in [4.69, 9.17) is 25.7 Å². The Labute approximate surface area is 265 Å². The van der Waals surface area contributed by atoms with Crippen LogP contribution in [-0.4, -0.2) is 73.6 Å². The molecule has 12 heteroatoms. The standard InChI is InChI=1S/C33H48N8O4/c1-19(2)40(22-12-20(13-22)8-11-26(42)39-24-10-9-21(14-23(24)34)31(3,4)5)15-25-28-33(16-43-25,45-32(6,7)44-28)41-18-38-27-29(35)36-17-37-30(27)41/h9-10,14,17-20,22,25,28H,8,11-13,15-16,34H2,1-7H3,(H,39,42)(H2,35,36,37)/t20?,22?,25-,28-,33+/m1/s1. The van der Waals surface area contributed by atoms with Crippen LogP contribution in [0.2, 0.25) is 0 Å². The second-order valence-electron chi connectivity index (χ2n) is 14.7. The number of benzene rings is 1. The van der Waals surface area contributed by atoms with Crippen LogP contribution in [-0.2, 0) is 30.1 Å². The van der Waals surface area contributed by atoms with Crippen LogP contribution in [0.15, 0.2) is 30.9 Å². The molecule has 2 saturated heterocycles. The molecule has 3 atom stereocenters. The number of imidazole rings is 1. The Bertz CT molecular complexity index is 1560. The van der Waals surface area contributed by atoms with Crippen molar-refractivity contribution in [3.63, 3.8) is 0 Å². The van der Waals surface area contributed by atoms with E-state index in [1.807, 2.05) is 36.6 Å². The molecular weight excluding hydrogens is 572 g/mol. The largest absolute Gasteiger partial charge is 0.397 e. The zero-order chi connectivity index (χ0) is 32.3. The summed E-state index contributed by atoms with van der Waals surface area (Å²) in [6.45, 7) is 15.7. The predicted molar refractivity (Wildman–Crippen MR) is 173 cm³/mol. The smallest absolute Gasteiger partial charge is 0.224 e. The lowest BCUT2D eigenvalue weighted by Gasteiger charge is -2.46. The van der Waals surface area contributed by atoms with Crippen LogP contribution in [0.3, 0.4) is 0 Å². The van der Waals surface area contributed by atoms with Gasteiger partial charge in [-0.05, 0) is 76.0 Å². The SMILES string of the molecule is CC(C)N(C[C@H]1OC[C@]2(n3cnc4c(N)ncnc43)OC(C)(C)O[C@H]12)C1CC(CCC(=O)Nc2ccc(C(C)(C)C)cc2N)C1. The van der Waals surface area contributed by atoms with Crippen molar-refractivity contribution in [2.24, 2.45) is 5.92 Å². The van der Waals surface area contributed by atoms with E-state index in [1.54, 1.807) is 6.33 Å². The molecule has 3 aliphatic rings. The van der Waals surface area contributed by atoms with Crippen LogP contribution in [0.1, 0.15) is 79.7 Å². The Morgan fingerprint density at radius 2 is 1.93 bits per heavy atom. The van der Waals surface area contributed by atoms with E-state index in [-0.39, 0.29) is 23.5 Å².